The fraction of sp³-hybridized carbons (Fsp3) is 0.600. The molecule has 1 unspecified atom stereocenters. The summed E-state index contributed by atoms with van der Waals surface area (Å²) < 4.78 is 5.27. The lowest BCUT2D eigenvalue weighted by atomic mass is 10.1. The minimum atomic E-state index is 0.617. The number of hydrogen-bond donors (Lipinski definition) is 1. The van der Waals surface area contributed by atoms with E-state index in [1.54, 1.807) is 7.11 Å². The smallest absolute Gasteiger partial charge is 0.120 e. The van der Waals surface area contributed by atoms with Crippen LogP contribution in [0.2, 0.25) is 0 Å². The Morgan fingerprint density at radius 1 is 1.44 bits per heavy atom. The Labute approximate surface area is 110 Å². The Morgan fingerprint density at radius 2 is 2.22 bits per heavy atom. The van der Waals surface area contributed by atoms with Crippen molar-refractivity contribution in [2.45, 2.75) is 25.8 Å². The quantitative estimate of drug-likeness (QED) is 0.802. The summed E-state index contributed by atoms with van der Waals surface area (Å²) in [5.74, 6) is 1.80. The molecule has 0 aliphatic heterocycles. The van der Waals surface area contributed by atoms with Crippen LogP contribution in [0.15, 0.2) is 24.3 Å². The first-order valence-electron chi connectivity index (χ1n) is 6.83. The average molecular weight is 248 g/mol. The second kappa shape index (κ2) is 6.10. The van der Waals surface area contributed by atoms with E-state index < -0.39 is 0 Å². The highest BCUT2D eigenvalue weighted by atomic mass is 16.5. The topological polar surface area (TPSA) is 24.5 Å². The van der Waals surface area contributed by atoms with Crippen molar-refractivity contribution in [2.75, 3.05) is 32.1 Å². The third-order valence-corrected chi connectivity index (χ3v) is 3.62. The number of ether oxygens (including phenoxy) is 1. The van der Waals surface area contributed by atoms with Gasteiger partial charge in [0.05, 0.1) is 7.11 Å². The van der Waals surface area contributed by atoms with Crippen molar-refractivity contribution < 1.29 is 4.74 Å². The fourth-order valence-electron chi connectivity index (χ4n) is 2.39. The maximum atomic E-state index is 5.27. The van der Waals surface area contributed by atoms with Crippen LogP contribution in [-0.4, -0.2) is 33.3 Å². The third-order valence-electron chi connectivity index (χ3n) is 3.62. The van der Waals surface area contributed by atoms with E-state index in [1.165, 1.54) is 18.5 Å². The zero-order valence-electron chi connectivity index (χ0n) is 11.6. The summed E-state index contributed by atoms with van der Waals surface area (Å²) in [6.45, 7) is 4.29. The van der Waals surface area contributed by atoms with Crippen LogP contribution in [0.5, 0.6) is 5.75 Å². The molecule has 18 heavy (non-hydrogen) atoms. The van der Waals surface area contributed by atoms with Crippen LogP contribution >= 0.6 is 0 Å². The highest BCUT2D eigenvalue weighted by molar-refractivity contribution is 5.50. The second-order valence-corrected chi connectivity index (χ2v) is 5.08. The minimum absolute atomic E-state index is 0.617. The van der Waals surface area contributed by atoms with E-state index in [9.17, 15) is 0 Å². The van der Waals surface area contributed by atoms with E-state index in [0.29, 0.717) is 6.04 Å². The summed E-state index contributed by atoms with van der Waals surface area (Å²) in [6, 6.07) is 8.88. The minimum Gasteiger partial charge on any atom is -0.497 e. The van der Waals surface area contributed by atoms with Crippen molar-refractivity contribution in [3.8, 4) is 5.75 Å². The largest absolute Gasteiger partial charge is 0.497 e. The van der Waals surface area contributed by atoms with Crippen molar-refractivity contribution in [3.63, 3.8) is 0 Å². The van der Waals surface area contributed by atoms with E-state index in [2.05, 4.69) is 36.3 Å². The van der Waals surface area contributed by atoms with Gasteiger partial charge in [-0.05, 0) is 37.4 Å². The second-order valence-electron chi connectivity index (χ2n) is 5.08. The molecule has 1 N–H and O–H groups in total. The molecule has 0 radical (unpaired) electrons. The third kappa shape index (κ3) is 3.39. The van der Waals surface area contributed by atoms with E-state index in [4.69, 9.17) is 4.74 Å². The van der Waals surface area contributed by atoms with Crippen molar-refractivity contribution in [1.29, 1.82) is 0 Å². The molecule has 1 aromatic carbocycles. The lowest BCUT2D eigenvalue weighted by Gasteiger charge is -2.26. The van der Waals surface area contributed by atoms with Crippen LogP contribution < -0.4 is 15.0 Å². The van der Waals surface area contributed by atoms with Crippen molar-refractivity contribution >= 4 is 5.69 Å². The van der Waals surface area contributed by atoms with Gasteiger partial charge in [0, 0.05) is 31.4 Å². The molecule has 0 saturated heterocycles. The number of likely N-dealkylation sites (N-methyl/N-ethyl adjacent to an activating group) is 2. The van der Waals surface area contributed by atoms with Gasteiger partial charge < -0.3 is 15.0 Å². The summed E-state index contributed by atoms with van der Waals surface area (Å²) in [5, 5.41) is 3.60. The predicted octanol–water partition coefficient (Wildman–Crippen LogP) is 2.52. The van der Waals surface area contributed by atoms with Crippen LogP contribution in [0.25, 0.3) is 0 Å². The van der Waals surface area contributed by atoms with Crippen LogP contribution in [-0.2, 0) is 0 Å². The van der Waals surface area contributed by atoms with Crippen molar-refractivity contribution in [1.82, 2.24) is 5.32 Å². The van der Waals surface area contributed by atoms with Gasteiger partial charge in [0.15, 0.2) is 0 Å². The Morgan fingerprint density at radius 3 is 2.83 bits per heavy atom. The zero-order chi connectivity index (χ0) is 13.0. The number of nitrogens with one attached hydrogen (secondary N) is 1. The lowest BCUT2D eigenvalue weighted by Crippen LogP contribution is -2.41. The Hall–Kier alpha value is -1.22. The fourth-order valence-corrected chi connectivity index (χ4v) is 2.39. The Kier molecular flexibility index (Phi) is 4.48. The zero-order valence-corrected chi connectivity index (χ0v) is 11.6. The number of benzene rings is 1. The number of hydrogen-bond acceptors (Lipinski definition) is 3. The van der Waals surface area contributed by atoms with Gasteiger partial charge in [0.1, 0.15) is 5.75 Å². The molecule has 0 amide bonds. The number of methoxy groups -OCH3 is 1. The summed E-state index contributed by atoms with van der Waals surface area (Å²) >= 11 is 0. The molecule has 2 rings (SSSR count). The average Bonchev–Trinajstić information content (AvgIpc) is 3.22. The molecule has 3 heteroatoms. The molecule has 100 valence electrons. The summed E-state index contributed by atoms with van der Waals surface area (Å²) in [5.41, 5.74) is 1.22. The van der Waals surface area contributed by atoms with Crippen LogP contribution in [0.3, 0.4) is 0 Å². The molecule has 0 bridgehead atoms. The predicted molar refractivity (Wildman–Crippen MR) is 76.5 cm³/mol. The van der Waals surface area contributed by atoms with Gasteiger partial charge in [-0.1, -0.05) is 13.0 Å². The standard InChI is InChI=1S/C15H24N2O/c1-4-16-15(12-8-9-12)11-17(2)13-6-5-7-14(10-13)18-3/h5-7,10,12,15-16H,4,8-9,11H2,1-3H3. The highest BCUT2D eigenvalue weighted by Crippen LogP contribution is 2.33. The molecule has 1 fully saturated rings. The van der Waals surface area contributed by atoms with Gasteiger partial charge >= 0.3 is 0 Å². The number of nitrogens with zero attached hydrogens (tertiary/aromatic N) is 1. The van der Waals surface area contributed by atoms with Gasteiger partial charge in [-0.25, -0.2) is 0 Å². The molecule has 0 heterocycles. The molecule has 0 spiro atoms. The number of anilines is 1. The summed E-state index contributed by atoms with van der Waals surface area (Å²) in [4.78, 5) is 2.31. The summed E-state index contributed by atoms with van der Waals surface area (Å²) in [7, 11) is 3.87. The van der Waals surface area contributed by atoms with Gasteiger partial charge in [0.25, 0.3) is 0 Å². The van der Waals surface area contributed by atoms with E-state index in [-0.39, 0.29) is 0 Å². The highest BCUT2D eigenvalue weighted by Gasteiger charge is 2.31. The SMILES string of the molecule is CCNC(CN(C)c1cccc(OC)c1)C1CC1. The molecule has 0 aromatic heterocycles. The molecular weight excluding hydrogens is 224 g/mol. The summed E-state index contributed by atoms with van der Waals surface area (Å²) in [6.07, 6.45) is 2.76. The van der Waals surface area contributed by atoms with Crippen molar-refractivity contribution in [2.24, 2.45) is 5.92 Å². The first-order chi connectivity index (χ1) is 8.74. The van der Waals surface area contributed by atoms with E-state index in [1.807, 2.05) is 12.1 Å². The maximum Gasteiger partial charge on any atom is 0.120 e. The number of rotatable bonds is 7. The monoisotopic (exact) mass is 248 g/mol. The molecule has 1 aromatic rings. The lowest BCUT2D eigenvalue weighted by molar-refractivity contribution is 0.414. The van der Waals surface area contributed by atoms with Crippen LogP contribution in [0.4, 0.5) is 5.69 Å². The van der Waals surface area contributed by atoms with Gasteiger partial charge in [-0.3, -0.25) is 0 Å². The Bertz CT molecular complexity index is 377. The van der Waals surface area contributed by atoms with Gasteiger partial charge in [-0.2, -0.15) is 0 Å². The van der Waals surface area contributed by atoms with Gasteiger partial charge in [0.2, 0.25) is 0 Å². The van der Waals surface area contributed by atoms with Crippen LogP contribution in [0.1, 0.15) is 19.8 Å². The van der Waals surface area contributed by atoms with Gasteiger partial charge in [-0.15, -0.1) is 0 Å². The first-order valence-corrected chi connectivity index (χ1v) is 6.83. The molecular formula is C15H24N2O. The Balaban J connectivity index is 1.98. The van der Waals surface area contributed by atoms with Crippen molar-refractivity contribution in [3.05, 3.63) is 24.3 Å². The van der Waals surface area contributed by atoms with Crippen LogP contribution in [0, 0.1) is 5.92 Å². The van der Waals surface area contributed by atoms with E-state index >= 15 is 0 Å². The maximum absolute atomic E-state index is 5.27. The normalized spacial score (nSPS) is 16.4. The van der Waals surface area contributed by atoms with E-state index in [0.717, 1.165) is 24.8 Å². The molecule has 1 aliphatic rings. The first kappa shape index (κ1) is 13.2. The molecule has 1 saturated carbocycles. The molecule has 1 aliphatic carbocycles. The molecule has 3 nitrogen and oxygen atoms in total. The molecule has 1 atom stereocenters.